The molecule has 0 unspecified atom stereocenters. The van der Waals surface area contributed by atoms with Crippen LogP contribution in [0.25, 0.3) is 106 Å². The van der Waals surface area contributed by atoms with Gasteiger partial charge in [0.25, 0.3) is 0 Å². The molecular weight excluding hydrogens is 697 g/mol. The van der Waals surface area contributed by atoms with Crippen LogP contribution in [0.1, 0.15) is 0 Å². The Hall–Kier alpha value is -7.83. The zero-order valence-electron chi connectivity index (χ0n) is 30.7. The third-order valence-electron chi connectivity index (χ3n) is 10.6. The van der Waals surface area contributed by atoms with Crippen LogP contribution in [0.15, 0.2) is 194 Å². The SMILES string of the molecule is c1ccc(-c2nc(-c3ccc(-c4nc(-c5ccc6ccccc6c5)nc(-c5ccc6ccccc6c5)n4)cc3)n3c(-c4ccccc4)c4ccccc4c3n2)cc1. The maximum atomic E-state index is 5.29. The predicted octanol–water partition coefficient (Wildman–Crippen LogP) is 12.4. The maximum absolute atomic E-state index is 5.29. The monoisotopic (exact) mass is 728 g/mol. The number of aromatic nitrogens is 6. The normalized spacial score (nSPS) is 11.5. The molecule has 0 N–H and O–H groups in total. The molecule has 0 amide bonds. The standard InChI is InChI=1S/C51H32N6/c1-3-15-35(16-4-1)45-43-21-11-12-22-44(43)51-56-47(36-17-5-2-6-18-36)55-50(57(45)51)38-27-25-37(26-28-38)46-52-48(41-29-23-33-13-7-9-19-39(33)31-41)54-49(53-46)42-30-24-34-14-8-10-20-40(34)32-42/h1-32H. The van der Waals surface area contributed by atoms with Crippen molar-refractivity contribution in [1.82, 2.24) is 29.3 Å². The summed E-state index contributed by atoms with van der Waals surface area (Å²) in [6, 6.07) is 67.0. The first-order chi connectivity index (χ1) is 28.2. The minimum Gasteiger partial charge on any atom is -0.277 e. The molecule has 0 bridgehead atoms. The van der Waals surface area contributed by atoms with Gasteiger partial charge in [0.05, 0.1) is 5.69 Å². The first-order valence-corrected chi connectivity index (χ1v) is 19.0. The zero-order valence-corrected chi connectivity index (χ0v) is 30.7. The molecule has 0 saturated carbocycles. The van der Waals surface area contributed by atoms with E-state index in [0.29, 0.717) is 23.3 Å². The van der Waals surface area contributed by atoms with Crippen LogP contribution < -0.4 is 0 Å². The van der Waals surface area contributed by atoms with Crippen LogP contribution in [-0.4, -0.2) is 29.3 Å². The maximum Gasteiger partial charge on any atom is 0.164 e. The van der Waals surface area contributed by atoms with Crippen molar-refractivity contribution in [1.29, 1.82) is 0 Å². The molecule has 0 radical (unpaired) electrons. The van der Waals surface area contributed by atoms with Crippen LogP contribution in [0.3, 0.4) is 0 Å². The van der Waals surface area contributed by atoms with E-state index < -0.39 is 0 Å². The summed E-state index contributed by atoms with van der Waals surface area (Å²) in [6.07, 6.45) is 0. The number of hydrogen-bond acceptors (Lipinski definition) is 5. The van der Waals surface area contributed by atoms with E-state index in [4.69, 9.17) is 24.9 Å². The molecule has 0 saturated heterocycles. The van der Waals surface area contributed by atoms with Gasteiger partial charge < -0.3 is 0 Å². The Bertz CT molecular complexity index is 3190. The lowest BCUT2D eigenvalue weighted by molar-refractivity contribution is 1.05. The quantitative estimate of drug-likeness (QED) is 0.170. The highest BCUT2D eigenvalue weighted by Gasteiger charge is 2.21. The highest BCUT2D eigenvalue weighted by atomic mass is 15.1. The van der Waals surface area contributed by atoms with E-state index in [1.165, 1.54) is 10.8 Å². The lowest BCUT2D eigenvalue weighted by Crippen LogP contribution is -2.03. The molecule has 6 nitrogen and oxygen atoms in total. The van der Waals surface area contributed by atoms with E-state index in [0.717, 1.165) is 72.1 Å². The van der Waals surface area contributed by atoms with Gasteiger partial charge in [-0.15, -0.1) is 0 Å². The fraction of sp³-hybridized carbons (Fsp3) is 0. The molecule has 3 heterocycles. The minimum atomic E-state index is 0.595. The number of hydrogen-bond donors (Lipinski definition) is 0. The molecule has 57 heavy (non-hydrogen) atoms. The molecule has 266 valence electrons. The summed E-state index contributed by atoms with van der Waals surface area (Å²) in [4.78, 5) is 25.8. The second-order valence-electron chi connectivity index (χ2n) is 14.2. The fourth-order valence-corrected chi connectivity index (χ4v) is 7.80. The van der Waals surface area contributed by atoms with E-state index in [9.17, 15) is 0 Å². The average molecular weight is 729 g/mol. The number of nitrogens with zero attached hydrogens (tertiary/aromatic N) is 6. The van der Waals surface area contributed by atoms with E-state index in [2.05, 4.69) is 174 Å². The Morgan fingerprint density at radius 3 is 1.30 bits per heavy atom. The van der Waals surface area contributed by atoms with Gasteiger partial charge in [-0.2, -0.15) is 0 Å². The highest BCUT2D eigenvalue weighted by molar-refractivity contribution is 6.06. The molecule has 11 aromatic rings. The molecule has 0 aliphatic heterocycles. The van der Waals surface area contributed by atoms with Crippen LogP contribution in [0.5, 0.6) is 0 Å². The van der Waals surface area contributed by atoms with Gasteiger partial charge in [-0.05, 0) is 39.2 Å². The van der Waals surface area contributed by atoms with Crippen molar-refractivity contribution < 1.29 is 0 Å². The fourth-order valence-electron chi connectivity index (χ4n) is 7.80. The number of rotatable bonds is 6. The van der Waals surface area contributed by atoms with E-state index in [-0.39, 0.29) is 0 Å². The molecule has 0 atom stereocenters. The Labute approximate surface area is 328 Å². The van der Waals surface area contributed by atoms with Crippen LogP contribution in [0.4, 0.5) is 0 Å². The summed E-state index contributed by atoms with van der Waals surface area (Å²) in [7, 11) is 0. The first-order valence-electron chi connectivity index (χ1n) is 19.0. The number of benzene rings is 8. The smallest absolute Gasteiger partial charge is 0.164 e. The van der Waals surface area contributed by atoms with Gasteiger partial charge in [-0.1, -0.05) is 182 Å². The molecule has 0 spiro atoms. The molecule has 8 aromatic carbocycles. The Balaban J connectivity index is 1.10. The summed E-state index contributed by atoms with van der Waals surface area (Å²) >= 11 is 0. The first kappa shape index (κ1) is 32.6. The van der Waals surface area contributed by atoms with Crippen molar-refractivity contribution in [3.05, 3.63) is 194 Å². The third-order valence-corrected chi connectivity index (χ3v) is 10.6. The summed E-state index contributed by atoms with van der Waals surface area (Å²) in [6.45, 7) is 0. The van der Waals surface area contributed by atoms with Gasteiger partial charge in [0.2, 0.25) is 0 Å². The van der Waals surface area contributed by atoms with Gasteiger partial charge in [0, 0.05) is 38.6 Å². The van der Waals surface area contributed by atoms with Crippen LogP contribution in [-0.2, 0) is 0 Å². The van der Waals surface area contributed by atoms with Crippen LogP contribution >= 0.6 is 0 Å². The van der Waals surface area contributed by atoms with Crippen molar-refractivity contribution in [2.75, 3.05) is 0 Å². The molecule has 0 aliphatic rings. The summed E-state index contributed by atoms with van der Waals surface area (Å²) in [5.74, 6) is 3.30. The van der Waals surface area contributed by atoms with Gasteiger partial charge in [-0.25, -0.2) is 24.9 Å². The zero-order chi connectivity index (χ0) is 37.7. The van der Waals surface area contributed by atoms with Crippen LogP contribution in [0, 0.1) is 0 Å². The summed E-state index contributed by atoms with van der Waals surface area (Å²) in [5.41, 5.74) is 7.64. The highest BCUT2D eigenvalue weighted by Crippen LogP contribution is 2.38. The van der Waals surface area contributed by atoms with E-state index in [1.54, 1.807) is 0 Å². The van der Waals surface area contributed by atoms with E-state index >= 15 is 0 Å². The third kappa shape index (κ3) is 5.79. The van der Waals surface area contributed by atoms with Crippen molar-refractivity contribution in [3.63, 3.8) is 0 Å². The van der Waals surface area contributed by atoms with Crippen molar-refractivity contribution in [2.24, 2.45) is 0 Å². The summed E-state index contributed by atoms with van der Waals surface area (Å²) in [5, 5.41) is 6.79. The van der Waals surface area contributed by atoms with Gasteiger partial charge in [-0.3, -0.25) is 4.40 Å². The van der Waals surface area contributed by atoms with Gasteiger partial charge >= 0.3 is 0 Å². The van der Waals surface area contributed by atoms with Crippen molar-refractivity contribution in [2.45, 2.75) is 0 Å². The molecule has 0 fully saturated rings. The van der Waals surface area contributed by atoms with Crippen LogP contribution in [0.2, 0.25) is 0 Å². The van der Waals surface area contributed by atoms with Gasteiger partial charge in [0.1, 0.15) is 11.5 Å². The molecule has 11 rings (SSSR count). The minimum absolute atomic E-state index is 0.595. The Morgan fingerprint density at radius 2 is 0.702 bits per heavy atom. The van der Waals surface area contributed by atoms with E-state index in [1.807, 2.05) is 24.3 Å². The predicted molar refractivity (Wildman–Crippen MR) is 232 cm³/mol. The lowest BCUT2D eigenvalue weighted by atomic mass is 10.1. The Kier molecular flexibility index (Phi) is 7.71. The molecular formula is C51H32N6. The number of fused-ring (bicyclic) bond motifs is 5. The second kappa shape index (κ2) is 13.5. The average Bonchev–Trinajstić information content (AvgIpc) is 3.63. The molecule has 3 aromatic heterocycles. The molecule has 6 heteroatoms. The van der Waals surface area contributed by atoms with Crippen molar-refractivity contribution in [3.8, 4) is 68.2 Å². The largest absolute Gasteiger partial charge is 0.277 e. The topological polar surface area (TPSA) is 68.9 Å². The van der Waals surface area contributed by atoms with Gasteiger partial charge in [0.15, 0.2) is 23.3 Å². The van der Waals surface area contributed by atoms with Crippen molar-refractivity contribution >= 4 is 38.0 Å². The Morgan fingerprint density at radius 1 is 0.281 bits per heavy atom. The lowest BCUT2D eigenvalue weighted by Gasteiger charge is -2.13. The molecule has 0 aliphatic carbocycles. The summed E-state index contributed by atoms with van der Waals surface area (Å²) < 4.78 is 2.21. The second-order valence-corrected chi connectivity index (χ2v) is 14.2.